The van der Waals surface area contributed by atoms with Gasteiger partial charge in [-0.25, -0.2) is 0 Å². The van der Waals surface area contributed by atoms with Crippen LogP contribution < -0.4 is 0 Å². The van der Waals surface area contributed by atoms with E-state index >= 15 is 0 Å². The molecule has 0 aromatic heterocycles. The van der Waals surface area contributed by atoms with Gasteiger partial charge in [0.1, 0.15) is 0 Å². The summed E-state index contributed by atoms with van der Waals surface area (Å²) in [6.45, 7) is 25.4. The third kappa shape index (κ3) is 9.94. The van der Waals surface area contributed by atoms with Gasteiger partial charge in [-0.3, -0.25) is 0 Å². The molecule has 48 heavy (non-hydrogen) atoms. The van der Waals surface area contributed by atoms with Crippen LogP contribution >= 0.6 is 24.8 Å². The first-order valence-electron chi connectivity index (χ1n) is 15.6. The van der Waals surface area contributed by atoms with E-state index in [0.717, 1.165) is 0 Å². The zero-order chi connectivity index (χ0) is 32.3. The second kappa shape index (κ2) is 19.2. The summed E-state index contributed by atoms with van der Waals surface area (Å²) < 4.78 is 0. The maximum atomic E-state index is 3.06. The normalized spacial score (nSPS) is 10.4. The van der Waals surface area contributed by atoms with Crippen LogP contribution in [0.2, 0.25) is 0 Å². The maximum absolute atomic E-state index is 3.06. The number of benzene rings is 4. The molecule has 0 saturated heterocycles. The Kier molecular flexibility index (Phi) is 18.4. The summed E-state index contributed by atoms with van der Waals surface area (Å²) in [6, 6.07) is 34.0. The molecule has 0 aliphatic heterocycles. The summed E-state index contributed by atoms with van der Waals surface area (Å²) in [7, 11) is 0. The van der Waals surface area contributed by atoms with E-state index < -0.39 is 0 Å². The van der Waals surface area contributed by atoms with Gasteiger partial charge >= 0.3 is 30.2 Å². The molecule has 0 aliphatic rings. The molecule has 6 aromatic rings. The molecule has 0 unspecified atom stereocenters. The second-order valence-corrected chi connectivity index (χ2v) is 13.5. The molecule has 4 heteroatoms. The van der Waals surface area contributed by atoms with Gasteiger partial charge < -0.3 is 14.9 Å². The zero-order valence-electron chi connectivity index (χ0n) is 31.1. The average molecular weight is 773 g/mol. The van der Waals surface area contributed by atoms with Crippen molar-refractivity contribution in [2.45, 2.75) is 80.6 Å². The van der Waals surface area contributed by atoms with Gasteiger partial charge in [0.15, 0.2) is 0 Å². The van der Waals surface area contributed by atoms with Crippen molar-refractivity contribution < 1.29 is 23.3 Å². The van der Waals surface area contributed by atoms with Crippen LogP contribution in [0.25, 0.3) is 43.8 Å². The topological polar surface area (TPSA) is 0 Å². The molecule has 0 spiro atoms. The van der Waals surface area contributed by atoms with Gasteiger partial charge in [-0.15, -0.1) is 93.4 Å². The first-order chi connectivity index (χ1) is 20.8. The van der Waals surface area contributed by atoms with Gasteiger partial charge in [0.2, 0.25) is 0 Å². The van der Waals surface area contributed by atoms with Crippen LogP contribution in [-0.2, 0) is 28.8 Å². The average Bonchev–Trinajstić information content (AvgIpc) is 3.62. The Morgan fingerprint density at radius 1 is 0.625 bits per heavy atom. The molecule has 0 heterocycles. The van der Waals surface area contributed by atoms with E-state index in [1.165, 1.54) is 106 Å². The van der Waals surface area contributed by atoms with Gasteiger partial charge in [-0.05, 0) is 65.5 Å². The van der Waals surface area contributed by atoms with Crippen molar-refractivity contribution in [1.29, 1.82) is 0 Å². The molecule has 0 fully saturated rings. The molecule has 0 atom stereocenters. The van der Waals surface area contributed by atoms with Crippen LogP contribution in [-0.4, -0.2) is 6.88 Å². The SMILES string of the molecule is Cc1cc2c(-c3ccc(C(C)(C)C)cc3)ccc(C)c2[cH-]1.Cc1ccc(-c2cccc3[cH-]c(C(C)C)cc23)c(C)c1C.Cl.Cl.[CH3-].[CH3-].[Si]=[Zr]. The van der Waals surface area contributed by atoms with E-state index in [0.29, 0.717) is 5.92 Å². The molecule has 0 saturated carbocycles. The molecule has 256 valence electrons. The standard InChI is InChI=1S/2C21H23.2CH3.2ClH.Si.Zr/c1-14-12-19-15(2)6-11-18(20(19)13-14)16-7-9-17(10-8-16)21(3,4)5;1-13(2)18-11-17-7-6-8-20(21(17)12-18)19-10-9-14(3)15(4)16(19)5;;;;;;/h2*6-13H,1-5H3;2*1H3;2*1H;;/q4*-1;;;;. The van der Waals surface area contributed by atoms with E-state index in [-0.39, 0.29) is 45.1 Å². The Bertz CT molecular complexity index is 1900. The predicted octanol–water partition coefficient (Wildman–Crippen LogP) is 13.8. The van der Waals surface area contributed by atoms with Crippen LogP contribution in [0.15, 0.2) is 91.0 Å². The van der Waals surface area contributed by atoms with Crippen molar-refractivity contribution in [2.75, 3.05) is 0 Å². The van der Waals surface area contributed by atoms with Crippen molar-refractivity contribution in [2.24, 2.45) is 0 Å². The molecule has 6 rings (SSSR count). The molecule has 0 nitrogen and oxygen atoms in total. The molecule has 0 bridgehead atoms. The monoisotopic (exact) mass is 770 g/mol. The minimum atomic E-state index is 0. The summed E-state index contributed by atoms with van der Waals surface area (Å²) in [5.74, 6) is 0.575. The summed E-state index contributed by atoms with van der Waals surface area (Å²) in [5.41, 5.74) is 15.3. The molecule has 0 aliphatic carbocycles. The van der Waals surface area contributed by atoms with Crippen LogP contribution in [0, 0.1) is 49.5 Å². The number of halogens is 2. The van der Waals surface area contributed by atoms with Crippen molar-refractivity contribution >= 4 is 53.2 Å². The molecule has 2 radical (unpaired) electrons. The fourth-order valence-corrected chi connectivity index (χ4v) is 6.06. The first kappa shape index (κ1) is 45.8. The zero-order valence-corrected chi connectivity index (χ0v) is 36.1. The van der Waals surface area contributed by atoms with E-state index in [1.807, 2.05) is 0 Å². The van der Waals surface area contributed by atoms with Crippen LogP contribution in [0.5, 0.6) is 0 Å². The number of hydrogen-bond donors (Lipinski definition) is 0. The summed E-state index contributed by atoms with van der Waals surface area (Å²) in [5, 5.41) is 5.49. The predicted molar refractivity (Wildman–Crippen MR) is 220 cm³/mol. The summed E-state index contributed by atoms with van der Waals surface area (Å²) in [6.07, 6.45) is 0. The molecular formula is C44H54Cl2SiZr-4. The molecule has 6 aromatic carbocycles. The first-order valence-corrected chi connectivity index (χ1v) is 19.8. The number of rotatable bonds is 3. The molecule has 0 amide bonds. The van der Waals surface area contributed by atoms with Gasteiger partial charge in [-0.2, -0.15) is 12.1 Å². The molecule has 0 N–H and O–H groups in total. The van der Waals surface area contributed by atoms with Crippen molar-refractivity contribution in [1.82, 2.24) is 0 Å². The van der Waals surface area contributed by atoms with Crippen LogP contribution in [0.4, 0.5) is 0 Å². The Balaban J connectivity index is 0.000000811. The summed E-state index contributed by atoms with van der Waals surface area (Å²) >= 11 is 1.36. The third-order valence-electron chi connectivity index (χ3n) is 9.10. The van der Waals surface area contributed by atoms with E-state index in [1.54, 1.807) is 0 Å². The van der Waals surface area contributed by atoms with Crippen molar-refractivity contribution in [3.63, 3.8) is 0 Å². The minimum absolute atomic E-state index is 0. The Hall–Kier alpha value is -2.22. The van der Waals surface area contributed by atoms with Gasteiger partial charge in [-0.1, -0.05) is 108 Å². The van der Waals surface area contributed by atoms with Crippen LogP contribution in [0.1, 0.15) is 79.5 Å². The summed E-state index contributed by atoms with van der Waals surface area (Å²) in [4.78, 5) is 0. The number of aryl methyl sites for hydroxylation is 3. The Morgan fingerprint density at radius 3 is 1.79 bits per heavy atom. The van der Waals surface area contributed by atoms with Crippen LogP contribution in [0.3, 0.4) is 0 Å². The third-order valence-corrected chi connectivity index (χ3v) is 9.10. The van der Waals surface area contributed by atoms with Gasteiger partial charge in [0.25, 0.3) is 0 Å². The number of fused-ring (bicyclic) bond motifs is 2. The van der Waals surface area contributed by atoms with Gasteiger partial charge in [0, 0.05) is 0 Å². The van der Waals surface area contributed by atoms with Gasteiger partial charge in [0.05, 0.1) is 0 Å². The van der Waals surface area contributed by atoms with Crippen molar-refractivity contribution in [3.05, 3.63) is 145 Å². The van der Waals surface area contributed by atoms with E-state index in [9.17, 15) is 0 Å². The van der Waals surface area contributed by atoms with E-state index in [2.05, 4.69) is 167 Å². The van der Waals surface area contributed by atoms with E-state index in [4.69, 9.17) is 0 Å². The fraction of sp³-hybridized carbons (Fsp3) is 0.273. The molecular weight excluding hydrogens is 719 g/mol. The second-order valence-electron chi connectivity index (χ2n) is 13.5. The quantitative estimate of drug-likeness (QED) is 0.124. The Morgan fingerprint density at radius 2 is 1.21 bits per heavy atom. The fourth-order valence-electron chi connectivity index (χ4n) is 6.06. The number of hydrogen-bond acceptors (Lipinski definition) is 0. The Labute approximate surface area is 321 Å². The van der Waals surface area contributed by atoms with Crippen molar-refractivity contribution in [3.8, 4) is 22.3 Å².